The average Bonchev–Trinajstić information content (AvgIpc) is 2.98. The van der Waals surface area contributed by atoms with Gasteiger partial charge in [0, 0.05) is 25.0 Å². The molecule has 1 fully saturated rings. The molecule has 2 N–H and O–H groups in total. The molecular formula is C15H18N4O. The van der Waals surface area contributed by atoms with Gasteiger partial charge in [-0.3, -0.25) is 4.79 Å². The standard InChI is InChI=1S/C15H18N4O/c16-15(20)12-10-17-19(11-12)14-6-4-13(5-7-14)18-8-2-1-3-9-18/h4-7,10-11H,1-3,8-9H2,(H2,16,20). The van der Waals surface area contributed by atoms with E-state index in [0.717, 1.165) is 18.8 Å². The van der Waals surface area contributed by atoms with E-state index in [2.05, 4.69) is 22.1 Å². The second-order valence-electron chi connectivity index (χ2n) is 5.10. The van der Waals surface area contributed by atoms with Crippen LogP contribution in [-0.4, -0.2) is 28.8 Å². The van der Waals surface area contributed by atoms with Crippen LogP contribution >= 0.6 is 0 Å². The zero-order valence-electron chi connectivity index (χ0n) is 11.3. The topological polar surface area (TPSA) is 64.2 Å². The monoisotopic (exact) mass is 270 g/mol. The average molecular weight is 270 g/mol. The first kappa shape index (κ1) is 12.7. The number of hydrogen-bond donors (Lipinski definition) is 1. The summed E-state index contributed by atoms with van der Waals surface area (Å²) in [6.07, 6.45) is 7.00. The fourth-order valence-electron chi connectivity index (χ4n) is 2.56. The zero-order valence-corrected chi connectivity index (χ0v) is 11.3. The lowest BCUT2D eigenvalue weighted by Gasteiger charge is -2.28. The zero-order chi connectivity index (χ0) is 13.9. The molecule has 0 aliphatic carbocycles. The van der Waals surface area contributed by atoms with E-state index in [-0.39, 0.29) is 0 Å². The van der Waals surface area contributed by atoms with Crippen LogP contribution in [0.2, 0.25) is 0 Å². The lowest BCUT2D eigenvalue weighted by atomic mass is 10.1. The van der Waals surface area contributed by atoms with Crippen molar-refractivity contribution in [3.8, 4) is 5.69 Å². The molecule has 104 valence electrons. The normalized spacial score (nSPS) is 15.3. The third-order valence-corrected chi connectivity index (χ3v) is 3.70. The van der Waals surface area contributed by atoms with Gasteiger partial charge in [0.05, 0.1) is 17.4 Å². The number of rotatable bonds is 3. The molecule has 1 aromatic carbocycles. The van der Waals surface area contributed by atoms with Gasteiger partial charge in [0.2, 0.25) is 0 Å². The number of nitrogens with zero attached hydrogens (tertiary/aromatic N) is 3. The van der Waals surface area contributed by atoms with Gasteiger partial charge in [-0.05, 0) is 43.5 Å². The van der Waals surface area contributed by atoms with E-state index >= 15 is 0 Å². The molecule has 0 bridgehead atoms. The van der Waals surface area contributed by atoms with Crippen LogP contribution in [0.1, 0.15) is 29.6 Å². The molecule has 5 heteroatoms. The van der Waals surface area contributed by atoms with E-state index in [1.165, 1.54) is 31.1 Å². The first-order valence-corrected chi connectivity index (χ1v) is 6.94. The molecule has 1 aromatic heterocycles. The Morgan fingerprint density at radius 2 is 1.70 bits per heavy atom. The molecule has 0 atom stereocenters. The summed E-state index contributed by atoms with van der Waals surface area (Å²) in [6, 6.07) is 8.24. The van der Waals surface area contributed by atoms with Crippen molar-refractivity contribution < 1.29 is 4.79 Å². The first-order chi connectivity index (χ1) is 9.74. The summed E-state index contributed by atoms with van der Waals surface area (Å²) in [5.74, 6) is -0.457. The van der Waals surface area contributed by atoms with Gasteiger partial charge in [-0.25, -0.2) is 4.68 Å². The van der Waals surface area contributed by atoms with E-state index in [0.29, 0.717) is 5.56 Å². The predicted octanol–water partition coefficient (Wildman–Crippen LogP) is 1.96. The number of carbonyl (C=O) groups is 1. The largest absolute Gasteiger partial charge is 0.372 e. The third-order valence-electron chi connectivity index (χ3n) is 3.70. The number of carbonyl (C=O) groups excluding carboxylic acids is 1. The maximum Gasteiger partial charge on any atom is 0.251 e. The summed E-state index contributed by atoms with van der Waals surface area (Å²) in [6.45, 7) is 2.26. The molecule has 0 saturated carbocycles. The van der Waals surface area contributed by atoms with Gasteiger partial charge in [-0.1, -0.05) is 0 Å². The van der Waals surface area contributed by atoms with E-state index in [1.54, 1.807) is 10.9 Å². The fourth-order valence-corrected chi connectivity index (χ4v) is 2.56. The Balaban J connectivity index is 1.79. The Labute approximate surface area is 118 Å². The van der Waals surface area contributed by atoms with Crippen molar-refractivity contribution in [2.45, 2.75) is 19.3 Å². The lowest BCUT2D eigenvalue weighted by Crippen LogP contribution is -2.29. The summed E-state index contributed by atoms with van der Waals surface area (Å²) in [5, 5.41) is 4.15. The minimum absolute atomic E-state index is 0.421. The summed E-state index contributed by atoms with van der Waals surface area (Å²) in [5.41, 5.74) is 7.82. The predicted molar refractivity (Wildman–Crippen MR) is 78.1 cm³/mol. The SMILES string of the molecule is NC(=O)c1cnn(-c2ccc(N3CCCCC3)cc2)c1. The minimum Gasteiger partial charge on any atom is -0.372 e. The number of anilines is 1. The Morgan fingerprint density at radius 3 is 2.30 bits per heavy atom. The lowest BCUT2D eigenvalue weighted by molar-refractivity contribution is 0.100. The molecule has 20 heavy (non-hydrogen) atoms. The molecule has 0 unspecified atom stereocenters. The van der Waals surface area contributed by atoms with Crippen molar-refractivity contribution in [3.63, 3.8) is 0 Å². The quantitative estimate of drug-likeness (QED) is 0.927. The van der Waals surface area contributed by atoms with Gasteiger partial charge in [-0.15, -0.1) is 0 Å². The Bertz CT molecular complexity index is 597. The fraction of sp³-hybridized carbons (Fsp3) is 0.333. The van der Waals surface area contributed by atoms with Crippen LogP contribution in [-0.2, 0) is 0 Å². The second kappa shape index (κ2) is 5.36. The molecule has 2 heterocycles. The number of piperidine rings is 1. The van der Waals surface area contributed by atoms with Gasteiger partial charge in [0.15, 0.2) is 0 Å². The molecule has 3 rings (SSSR count). The smallest absolute Gasteiger partial charge is 0.251 e. The molecular weight excluding hydrogens is 252 g/mol. The van der Waals surface area contributed by atoms with Crippen LogP contribution in [0.4, 0.5) is 5.69 Å². The molecule has 5 nitrogen and oxygen atoms in total. The highest BCUT2D eigenvalue weighted by molar-refractivity contribution is 5.92. The van der Waals surface area contributed by atoms with Crippen molar-refractivity contribution in [3.05, 3.63) is 42.2 Å². The van der Waals surface area contributed by atoms with Gasteiger partial charge in [0.25, 0.3) is 5.91 Å². The molecule has 1 aliphatic rings. The van der Waals surface area contributed by atoms with Crippen LogP contribution in [0.15, 0.2) is 36.7 Å². The van der Waals surface area contributed by atoms with Crippen molar-refractivity contribution in [2.24, 2.45) is 5.73 Å². The van der Waals surface area contributed by atoms with Crippen LogP contribution in [0.3, 0.4) is 0 Å². The maximum absolute atomic E-state index is 11.1. The molecule has 1 saturated heterocycles. The van der Waals surface area contributed by atoms with Crippen LogP contribution < -0.4 is 10.6 Å². The molecule has 1 aliphatic heterocycles. The minimum atomic E-state index is -0.457. The second-order valence-corrected chi connectivity index (χ2v) is 5.10. The summed E-state index contributed by atoms with van der Waals surface area (Å²) >= 11 is 0. The highest BCUT2D eigenvalue weighted by Gasteiger charge is 2.11. The Hall–Kier alpha value is -2.30. The number of amides is 1. The maximum atomic E-state index is 11.1. The van der Waals surface area contributed by atoms with E-state index in [1.807, 2.05) is 12.1 Å². The molecule has 0 spiro atoms. The highest BCUT2D eigenvalue weighted by Crippen LogP contribution is 2.21. The molecule has 2 aromatic rings. The Morgan fingerprint density at radius 1 is 1.05 bits per heavy atom. The first-order valence-electron chi connectivity index (χ1n) is 6.94. The van der Waals surface area contributed by atoms with Gasteiger partial charge < -0.3 is 10.6 Å². The third kappa shape index (κ3) is 2.52. The van der Waals surface area contributed by atoms with Crippen molar-refractivity contribution in [2.75, 3.05) is 18.0 Å². The summed E-state index contributed by atoms with van der Waals surface area (Å²) in [4.78, 5) is 13.5. The van der Waals surface area contributed by atoms with E-state index in [4.69, 9.17) is 5.73 Å². The van der Waals surface area contributed by atoms with Gasteiger partial charge in [-0.2, -0.15) is 5.10 Å². The van der Waals surface area contributed by atoms with Gasteiger partial charge in [0.1, 0.15) is 0 Å². The van der Waals surface area contributed by atoms with Gasteiger partial charge >= 0.3 is 0 Å². The van der Waals surface area contributed by atoms with Crippen LogP contribution in [0.5, 0.6) is 0 Å². The van der Waals surface area contributed by atoms with Crippen LogP contribution in [0.25, 0.3) is 5.69 Å². The number of nitrogens with two attached hydrogens (primary N) is 1. The summed E-state index contributed by atoms with van der Waals surface area (Å²) < 4.78 is 1.67. The molecule has 0 radical (unpaired) electrons. The summed E-state index contributed by atoms with van der Waals surface area (Å²) in [7, 11) is 0. The van der Waals surface area contributed by atoms with Crippen LogP contribution in [0, 0.1) is 0 Å². The number of hydrogen-bond acceptors (Lipinski definition) is 3. The number of benzene rings is 1. The van der Waals surface area contributed by atoms with Crippen molar-refractivity contribution in [1.29, 1.82) is 0 Å². The van der Waals surface area contributed by atoms with E-state index in [9.17, 15) is 4.79 Å². The molecule has 1 amide bonds. The van der Waals surface area contributed by atoms with E-state index < -0.39 is 5.91 Å². The highest BCUT2D eigenvalue weighted by atomic mass is 16.1. The Kier molecular flexibility index (Phi) is 3.41. The van der Waals surface area contributed by atoms with Crippen molar-refractivity contribution in [1.82, 2.24) is 9.78 Å². The van der Waals surface area contributed by atoms with Crippen molar-refractivity contribution >= 4 is 11.6 Å². The number of primary amides is 1. The number of aromatic nitrogens is 2.